The fourth-order valence-corrected chi connectivity index (χ4v) is 2.37. The van der Waals surface area contributed by atoms with Crippen molar-refractivity contribution in [2.24, 2.45) is 0 Å². The highest BCUT2D eigenvalue weighted by Crippen LogP contribution is 2.13. The van der Waals surface area contributed by atoms with Crippen LogP contribution in [-0.4, -0.2) is 60.9 Å². The third-order valence-electron chi connectivity index (χ3n) is 3.66. The number of piperazine rings is 1. The Morgan fingerprint density at radius 2 is 2.00 bits per heavy atom. The molecular formula is C15H23N3O3. The third-order valence-corrected chi connectivity index (χ3v) is 3.66. The fourth-order valence-electron chi connectivity index (χ4n) is 2.37. The van der Waals surface area contributed by atoms with Gasteiger partial charge in [0.2, 0.25) is 5.91 Å². The van der Waals surface area contributed by atoms with E-state index >= 15 is 0 Å². The molecule has 6 heteroatoms. The molecule has 0 saturated carbocycles. The zero-order valence-corrected chi connectivity index (χ0v) is 12.7. The second-order valence-corrected chi connectivity index (χ2v) is 5.35. The van der Waals surface area contributed by atoms with Crippen molar-refractivity contribution in [3.8, 4) is 0 Å². The van der Waals surface area contributed by atoms with Gasteiger partial charge < -0.3 is 14.6 Å². The smallest absolute Gasteiger partial charge is 0.289 e. The molecule has 1 fully saturated rings. The molecule has 2 rings (SSSR count). The van der Waals surface area contributed by atoms with Gasteiger partial charge in [-0.2, -0.15) is 0 Å². The molecule has 2 heterocycles. The molecule has 1 aromatic heterocycles. The van der Waals surface area contributed by atoms with E-state index in [4.69, 9.17) is 4.42 Å². The predicted molar refractivity (Wildman–Crippen MR) is 79.1 cm³/mol. The monoisotopic (exact) mass is 293 g/mol. The van der Waals surface area contributed by atoms with Crippen molar-refractivity contribution in [3.05, 3.63) is 23.7 Å². The Kier molecular flexibility index (Phi) is 5.38. The molecule has 1 aliphatic rings. The van der Waals surface area contributed by atoms with Gasteiger partial charge in [-0.1, -0.05) is 6.92 Å². The second kappa shape index (κ2) is 7.26. The summed E-state index contributed by atoms with van der Waals surface area (Å²) >= 11 is 0. The summed E-state index contributed by atoms with van der Waals surface area (Å²) in [6.07, 6.45) is 2.48. The van der Waals surface area contributed by atoms with Crippen molar-refractivity contribution in [2.75, 3.05) is 39.3 Å². The highest BCUT2D eigenvalue weighted by atomic mass is 16.3. The Morgan fingerprint density at radius 1 is 1.29 bits per heavy atom. The highest BCUT2D eigenvalue weighted by Gasteiger charge is 2.25. The maximum Gasteiger partial charge on any atom is 0.289 e. The number of nitrogens with one attached hydrogen (secondary N) is 1. The van der Waals surface area contributed by atoms with Crippen LogP contribution < -0.4 is 5.32 Å². The first kappa shape index (κ1) is 15.6. The molecule has 1 saturated heterocycles. The summed E-state index contributed by atoms with van der Waals surface area (Å²) in [6, 6.07) is 1.79. The minimum Gasteiger partial charge on any atom is -0.459 e. The average molecular weight is 293 g/mol. The van der Waals surface area contributed by atoms with Crippen LogP contribution in [0.2, 0.25) is 0 Å². The summed E-state index contributed by atoms with van der Waals surface area (Å²) in [4.78, 5) is 27.8. The molecule has 1 aliphatic heterocycles. The zero-order chi connectivity index (χ0) is 15.2. The lowest BCUT2D eigenvalue weighted by Crippen LogP contribution is -2.51. The van der Waals surface area contributed by atoms with Crippen molar-refractivity contribution >= 4 is 11.8 Å². The summed E-state index contributed by atoms with van der Waals surface area (Å²) in [7, 11) is 0. The van der Waals surface area contributed by atoms with Gasteiger partial charge in [0, 0.05) is 38.3 Å². The number of carbonyl (C=O) groups is 2. The van der Waals surface area contributed by atoms with E-state index in [1.54, 1.807) is 11.0 Å². The van der Waals surface area contributed by atoms with E-state index in [-0.39, 0.29) is 11.8 Å². The van der Waals surface area contributed by atoms with Crippen LogP contribution in [0.4, 0.5) is 0 Å². The number of aryl methyl sites for hydroxylation is 1. The van der Waals surface area contributed by atoms with Gasteiger partial charge in [0.15, 0.2) is 5.76 Å². The summed E-state index contributed by atoms with van der Waals surface area (Å²) in [6.45, 7) is 7.69. The molecule has 0 atom stereocenters. The van der Waals surface area contributed by atoms with Crippen LogP contribution in [0.25, 0.3) is 0 Å². The lowest BCUT2D eigenvalue weighted by Gasteiger charge is -2.33. The van der Waals surface area contributed by atoms with E-state index in [9.17, 15) is 9.59 Å². The predicted octanol–water partition coefficient (Wildman–Crippen LogP) is 0.872. The van der Waals surface area contributed by atoms with Gasteiger partial charge in [-0.05, 0) is 19.4 Å². The molecular weight excluding hydrogens is 270 g/mol. The minimum absolute atomic E-state index is 0.0542. The molecule has 6 nitrogen and oxygen atoms in total. The number of furan rings is 1. The van der Waals surface area contributed by atoms with Gasteiger partial charge in [-0.15, -0.1) is 0 Å². The van der Waals surface area contributed by atoms with Crippen LogP contribution in [-0.2, 0) is 4.79 Å². The van der Waals surface area contributed by atoms with E-state index in [1.807, 2.05) is 13.8 Å². The van der Waals surface area contributed by atoms with Gasteiger partial charge in [-0.25, -0.2) is 0 Å². The number of hydrogen-bond donors (Lipinski definition) is 1. The molecule has 0 bridgehead atoms. The van der Waals surface area contributed by atoms with E-state index in [1.165, 1.54) is 6.26 Å². The second-order valence-electron chi connectivity index (χ2n) is 5.35. The number of carbonyl (C=O) groups excluding carboxylic acids is 2. The number of hydrogen-bond acceptors (Lipinski definition) is 4. The van der Waals surface area contributed by atoms with E-state index in [0.29, 0.717) is 38.5 Å². The quantitative estimate of drug-likeness (QED) is 0.875. The van der Waals surface area contributed by atoms with Crippen molar-refractivity contribution in [1.82, 2.24) is 15.1 Å². The largest absolute Gasteiger partial charge is 0.459 e. The number of amides is 2. The molecule has 1 N–H and O–H groups in total. The lowest BCUT2D eigenvalue weighted by molar-refractivity contribution is -0.122. The normalized spacial score (nSPS) is 16.0. The van der Waals surface area contributed by atoms with E-state index < -0.39 is 0 Å². The zero-order valence-electron chi connectivity index (χ0n) is 12.7. The van der Waals surface area contributed by atoms with Crippen LogP contribution in [0, 0.1) is 6.92 Å². The van der Waals surface area contributed by atoms with Crippen LogP contribution in [0.5, 0.6) is 0 Å². The molecule has 21 heavy (non-hydrogen) atoms. The Balaban J connectivity index is 1.79. The number of rotatable bonds is 5. The maximum atomic E-state index is 12.3. The summed E-state index contributed by atoms with van der Waals surface area (Å²) in [5.41, 5.74) is 0.862. The Morgan fingerprint density at radius 3 is 2.57 bits per heavy atom. The van der Waals surface area contributed by atoms with Gasteiger partial charge in [-0.3, -0.25) is 14.5 Å². The summed E-state index contributed by atoms with van der Waals surface area (Å²) in [5, 5.41) is 2.87. The van der Waals surface area contributed by atoms with E-state index in [2.05, 4.69) is 10.2 Å². The van der Waals surface area contributed by atoms with Crippen LogP contribution >= 0.6 is 0 Å². The first-order valence-electron chi connectivity index (χ1n) is 7.44. The van der Waals surface area contributed by atoms with E-state index in [0.717, 1.165) is 18.5 Å². The van der Waals surface area contributed by atoms with Gasteiger partial charge >= 0.3 is 0 Å². The maximum absolute atomic E-state index is 12.3. The fraction of sp³-hybridized carbons (Fsp3) is 0.600. The number of nitrogens with zero attached hydrogens (tertiary/aromatic N) is 2. The molecule has 2 amide bonds. The van der Waals surface area contributed by atoms with Crippen molar-refractivity contribution in [3.63, 3.8) is 0 Å². The van der Waals surface area contributed by atoms with Gasteiger partial charge in [0.25, 0.3) is 5.91 Å². The molecule has 0 unspecified atom stereocenters. The van der Waals surface area contributed by atoms with Crippen LogP contribution in [0.15, 0.2) is 16.7 Å². The first-order chi connectivity index (χ1) is 10.1. The van der Waals surface area contributed by atoms with Gasteiger partial charge in [0.1, 0.15) is 0 Å². The van der Waals surface area contributed by atoms with Crippen LogP contribution in [0.1, 0.15) is 29.5 Å². The van der Waals surface area contributed by atoms with Crippen molar-refractivity contribution in [1.29, 1.82) is 0 Å². The summed E-state index contributed by atoms with van der Waals surface area (Å²) < 4.78 is 5.25. The standard InChI is InChI=1S/C15H23N3O3/c1-3-5-16-13(19)11-17-6-8-18(9-7-17)15(20)14-12(2)4-10-21-14/h4,10H,3,5-9,11H2,1-2H3,(H,16,19). The molecule has 0 aromatic carbocycles. The third kappa shape index (κ3) is 4.07. The molecule has 1 aromatic rings. The lowest BCUT2D eigenvalue weighted by atomic mass is 10.2. The first-order valence-corrected chi connectivity index (χ1v) is 7.44. The Hall–Kier alpha value is -1.82. The molecule has 116 valence electrons. The Labute approximate surface area is 125 Å². The topological polar surface area (TPSA) is 65.8 Å². The van der Waals surface area contributed by atoms with Gasteiger partial charge in [0.05, 0.1) is 12.8 Å². The Bertz CT molecular complexity index is 490. The summed E-state index contributed by atoms with van der Waals surface area (Å²) in [5.74, 6) is 0.412. The molecule has 0 aliphatic carbocycles. The van der Waals surface area contributed by atoms with Crippen LogP contribution in [0.3, 0.4) is 0 Å². The highest BCUT2D eigenvalue weighted by molar-refractivity contribution is 5.92. The average Bonchev–Trinajstić information content (AvgIpc) is 2.91. The minimum atomic E-state index is -0.0624. The molecule has 0 spiro atoms. The molecule has 0 radical (unpaired) electrons. The van der Waals surface area contributed by atoms with Crippen molar-refractivity contribution < 1.29 is 14.0 Å². The van der Waals surface area contributed by atoms with Crippen molar-refractivity contribution in [2.45, 2.75) is 20.3 Å². The SMILES string of the molecule is CCCNC(=O)CN1CCN(C(=O)c2occc2C)CC1.